The molecule has 1 aliphatic carbocycles. The van der Waals surface area contributed by atoms with E-state index in [2.05, 4.69) is 24.3 Å². The van der Waals surface area contributed by atoms with Crippen LogP contribution >= 0.6 is 0 Å². The summed E-state index contributed by atoms with van der Waals surface area (Å²) in [6.07, 6.45) is 6.93. The Balaban J connectivity index is 1.98. The van der Waals surface area contributed by atoms with E-state index in [1.807, 2.05) is 6.20 Å². The van der Waals surface area contributed by atoms with Crippen molar-refractivity contribution in [2.45, 2.75) is 44.9 Å². The lowest BCUT2D eigenvalue weighted by atomic mass is 9.61. The van der Waals surface area contributed by atoms with E-state index in [4.69, 9.17) is 4.52 Å². The van der Waals surface area contributed by atoms with Crippen LogP contribution in [0.1, 0.15) is 44.4 Å². The summed E-state index contributed by atoms with van der Waals surface area (Å²) in [6, 6.07) is 0. The Labute approximate surface area is 96.6 Å². The highest BCUT2D eigenvalue weighted by atomic mass is 16.5. The van der Waals surface area contributed by atoms with E-state index in [-0.39, 0.29) is 5.41 Å². The Kier molecular flexibility index (Phi) is 2.15. The first-order chi connectivity index (χ1) is 7.61. The third-order valence-electron chi connectivity index (χ3n) is 4.20. The van der Waals surface area contributed by atoms with Gasteiger partial charge < -0.3 is 9.84 Å². The monoisotopic (exact) mass is 220 g/mol. The number of hydrogen-bond acceptors (Lipinski definition) is 3. The molecule has 1 aliphatic heterocycles. The third-order valence-corrected chi connectivity index (χ3v) is 4.20. The average molecular weight is 220 g/mol. The Morgan fingerprint density at radius 2 is 2.31 bits per heavy atom. The zero-order chi connectivity index (χ0) is 11.2. The second kappa shape index (κ2) is 3.33. The van der Waals surface area contributed by atoms with Gasteiger partial charge in [-0.1, -0.05) is 19.0 Å². The van der Waals surface area contributed by atoms with Gasteiger partial charge in [0.05, 0.1) is 6.20 Å². The topological polar surface area (TPSA) is 38.1 Å². The molecule has 1 aromatic rings. The van der Waals surface area contributed by atoms with Gasteiger partial charge in [-0.15, -0.1) is 0 Å². The van der Waals surface area contributed by atoms with E-state index in [0.717, 1.165) is 18.7 Å². The van der Waals surface area contributed by atoms with E-state index in [9.17, 15) is 0 Å². The lowest BCUT2D eigenvalue weighted by molar-refractivity contribution is 0.119. The minimum atomic E-state index is 0.142. The minimum Gasteiger partial charge on any atom is -0.361 e. The summed E-state index contributed by atoms with van der Waals surface area (Å²) in [5, 5.41) is 7.54. The molecule has 1 aromatic heterocycles. The fourth-order valence-electron chi connectivity index (χ4n) is 3.76. The van der Waals surface area contributed by atoms with Gasteiger partial charge in [0, 0.05) is 17.5 Å². The Bertz CT molecular complexity index is 388. The number of aromatic nitrogens is 1. The number of piperidine rings is 1. The summed E-state index contributed by atoms with van der Waals surface area (Å²) in [4.78, 5) is 0. The normalized spacial score (nSPS) is 32.6. The van der Waals surface area contributed by atoms with Crippen LogP contribution in [-0.4, -0.2) is 18.2 Å². The number of rotatable bonds is 0. The SMILES string of the molecule is CC1(C)CC2(CCCNC2)Cc2cnoc21. The van der Waals surface area contributed by atoms with Crippen molar-refractivity contribution in [1.82, 2.24) is 10.5 Å². The van der Waals surface area contributed by atoms with Crippen LogP contribution in [0.25, 0.3) is 0 Å². The Morgan fingerprint density at radius 3 is 3.06 bits per heavy atom. The van der Waals surface area contributed by atoms with E-state index in [0.29, 0.717) is 5.41 Å². The van der Waals surface area contributed by atoms with E-state index in [1.54, 1.807) is 0 Å². The average Bonchev–Trinajstić information content (AvgIpc) is 2.66. The van der Waals surface area contributed by atoms with Crippen LogP contribution in [0.4, 0.5) is 0 Å². The van der Waals surface area contributed by atoms with E-state index >= 15 is 0 Å². The van der Waals surface area contributed by atoms with Crippen molar-refractivity contribution in [2.75, 3.05) is 13.1 Å². The lowest BCUT2D eigenvalue weighted by Gasteiger charge is -2.45. The molecule has 2 aliphatic rings. The fourth-order valence-corrected chi connectivity index (χ4v) is 3.76. The second-order valence-corrected chi connectivity index (χ2v) is 6.20. The molecule has 0 radical (unpaired) electrons. The highest BCUT2D eigenvalue weighted by Gasteiger charge is 2.45. The molecule has 2 heterocycles. The van der Waals surface area contributed by atoms with Crippen LogP contribution in [0.15, 0.2) is 10.7 Å². The van der Waals surface area contributed by atoms with Crippen LogP contribution in [0.3, 0.4) is 0 Å². The van der Waals surface area contributed by atoms with Crippen molar-refractivity contribution in [2.24, 2.45) is 5.41 Å². The molecule has 3 rings (SSSR count). The molecule has 1 N–H and O–H groups in total. The van der Waals surface area contributed by atoms with Crippen LogP contribution < -0.4 is 5.32 Å². The molecule has 0 bridgehead atoms. The van der Waals surface area contributed by atoms with Gasteiger partial charge >= 0.3 is 0 Å². The fraction of sp³-hybridized carbons (Fsp3) is 0.769. The largest absolute Gasteiger partial charge is 0.361 e. The molecule has 3 nitrogen and oxygen atoms in total. The first-order valence-corrected chi connectivity index (χ1v) is 6.26. The van der Waals surface area contributed by atoms with Gasteiger partial charge in [0.15, 0.2) is 0 Å². The number of fused-ring (bicyclic) bond motifs is 1. The van der Waals surface area contributed by atoms with Gasteiger partial charge in [0.25, 0.3) is 0 Å². The molecular weight excluding hydrogens is 200 g/mol. The molecule has 1 atom stereocenters. The molecule has 88 valence electrons. The zero-order valence-electron chi connectivity index (χ0n) is 10.2. The van der Waals surface area contributed by atoms with Crippen LogP contribution in [0.2, 0.25) is 0 Å². The summed E-state index contributed by atoms with van der Waals surface area (Å²) in [5.74, 6) is 1.11. The molecule has 16 heavy (non-hydrogen) atoms. The van der Waals surface area contributed by atoms with E-state index in [1.165, 1.54) is 31.4 Å². The maximum atomic E-state index is 5.43. The standard InChI is InChI=1S/C13H20N2O/c1-12(2)8-13(4-3-5-14-9-13)6-10-7-15-16-11(10)12/h7,14H,3-6,8-9H2,1-2H3. The molecule has 0 aromatic carbocycles. The van der Waals surface area contributed by atoms with Gasteiger partial charge in [-0.05, 0) is 37.6 Å². The van der Waals surface area contributed by atoms with Crippen molar-refractivity contribution in [3.63, 3.8) is 0 Å². The first kappa shape index (κ1) is 10.3. The van der Waals surface area contributed by atoms with Crippen molar-refractivity contribution < 1.29 is 4.52 Å². The van der Waals surface area contributed by atoms with Crippen LogP contribution in [0.5, 0.6) is 0 Å². The summed E-state index contributed by atoms with van der Waals surface area (Å²) in [5.41, 5.74) is 1.92. The Morgan fingerprint density at radius 1 is 1.44 bits per heavy atom. The summed E-state index contributed by atoms with van der Waals surface area (Å²) in [6.45, 7) is 6.90. The van der Waals surface area contributed by atoms with Crippen molar-refractivity contribution in [3.05, 3.63) is 17.5 Å². The van der Waals surface area contributed by atoms with Crippen molar-refractivity contribution >= 4 is 0 Å². The van der Waals surface area contributed by atoms with Crippen LogP contribution in [0, 0.1) is 5.41 Å². The summed E-state index contributed by atoms with van der Waals surface area (Å²) >= 11 is 0. The number of nitrogens with one attached hydrogen (secondary N) is 1. The van der Waals surface area contributed by atoms with Gasteiger partial charge in [-0.3, -0.25) is 0 Å². The minimum absolute atomic E-state index is 0.142. The van der Waals surface area contributed by atoms with Crippen molar-refractivity contribution in [3.8, 4) is 0 Å². The highest BCUT2D eigenvalue weighted by molar-refractivity contribution is 5.28. The van der Waals surface area contributed by atoms with Gasteiger partial charge in [-0.2, -0.15) is 0 Å². The quantitative estimate of drug-likeness (QED) is 0.729. The van der Waals surface area contributed by atoms with E-state index < -0.39 is 0 Å². The summed E-state index contributed by atoms with van der Waals surface area (Å²) < 4.78 is 5.43. The van der Waals surface area contributed by atoms with Crippen molar-refractivity contribution in [1.29, 1.82) is 0 Å². The molecule has 3 heteroatoms. The van der Waals surface area contributed by atoms with Crippen LogP contribution in [-0.2, 0) is 11.8 Å². The smallest absolute Gasteiger partial charge is 0.145 e. The number of nitrogens with zero attached hydrogens (tertiary/aromatic N) is 1. The van der Waals surface area contributed by atoms with Gasteiger partial charge in [-0.25, -0.2) is 0 Å². The molecule has 0 amide bonds. The predicted octanol–water partition coefficient (Wildman–Crippen LogP) is 2.27. The molecule has 1 unspecified atom stereocenters. The summed E-state index contributed by atoms with van der Waals surface area (Å²) in [7, 11) is 0. The van der Waals surface area contributed by atoms with Gasteiger partial charge in [0.2, 0.25) is 0 Å². The second-order valence-electron chi connectivity index (χ2n) is 6.20. The maximum Gasteiger partial charge on any atom is 0.145 e. The first-order valence-electron chi connectivity index (χ1n) is 6.26. The molecule has 0 saturated carbocycles. The molecule has 1 spiro atoms. The zero-order valence-corrected chi connectivity index (χ0v) is 10.2. The highest BCUT2D eigenvalue weighted by Crippen LogP contribution is 2.48. The predicted molar refractivity (Wildman–Crippen MR) is 62.4 cm³/mol. The lowest BCUT2D eigenvalue weighted by Crippen LogP contribution is -2.47. The maximum absolute atomic E-state index is 5.43. The molecular formula is C13H20N2O. The molecule has 1 fully saturated rings. The molecule has 1 saturated heterocycles. The van der Waals surface area contributed by atoms with Gasteiger partial charge in [0.1, 0.15) is 5.76 Å². The third kappa shape index (κ3) is 1.49. The number of hydrogen-bond donors (Lipinski definition) is 1. The Hall–Kier alpha value is -0.830.